The smallest absolute Gasteiger partial charge is 0.190 e. The summed E-state index contributed by atoms with van der Waals surface area (Å²) in [5.41, 5.74) is 3.90. The first-order valence-corrected chi connectivity index (χ1v) is 10.4. The van der Waals surface area contributed by atoms with Gasteiger partial charge in [-0.05, 0) is 54.1 Å². The number of rotatable bonds is 8. The molecule has 0 N–H and O–H groups in total. The summed E-state index contributed by atoms with van der Waals surface area (Å²) < 4.78 is 0. The van der Waals surface area contributed by atoms with E-state index in [1.807, 2.05) is 55.6 Å². The number of carbonyl (C=O) groups is 1. The van der Waals surface area contributed by atoms with Crippen molar-refractivity contribution < 1.29 is 4.79 Å². The van der Waals surface area contributed by atoms with Crippen LogP contribution in [0, 0.1) is 0 Å². The fraction of sp³-hybridized carbons (Fsp3) is 0.115. The highest BCUT2D eigenvalue weighted by Gasteiger charge is 2.17. The lowest BCUT2D eigenvalue weighted by Gasteiger charge is -2.19. The van der Waals surface area contributed by atoms with Gasteiger partial charge in [-0.1, -0.05) is 84.4 Å². The molecule has 0 unspecified atom stereocenters. The van der Waals surface area contributed by atoms with Crippen molar-refractivity contribution in [2.75, 3.05) is 13.6 Å². The molecule has 3 aromatic rings. The molecule has 0 bridgehead atoms. The van der Waals surface area contributed by atoms with Gasteiger partial charge in [0.15, 0.2) is 5.78 Å². The zero-order valence-corrected chi connectivity index (χ0v) is 18.3. The third-order valence-electron chi connectivity index (χ3n) is 4.64. The molecule has 0 aliphatic carbocycles. The van der Waals surface area contributed by atoms with Crippen LogP contribution < -0.4 is 0 Å². The van der Waals surface area contributed by atoms with Crippen molar-refractivity contribution in [2.24, 2.45) is 0 Å². The molecule has 3 rings (SSSR count). The van der Waals surface area contributed by atoms with Crippen LogP contribution in [0.25, 0.3) is 11.6 Å². The lowest BCUT2D eigenvalue weighted by Crippen LogP contribution is -2.23. The number of Topliss-reactive ketones (excluding diaryl/α,β-unsaturated/α-hetero) is 1. The Kier molecular flexibility index (Phi) is 7.64. The molecule has 0 radical (unpaired) electrons. The Hall–Kier alpha value is -2.65. The van der Waals surface area contributed by atoms with E-state index in [-0.39, 0.29) is 5.78 Å². The lowest BCUT2D eigenvalue weighted by molar-refractivity contribution is -0.110. The molecule has 3 aromatic carbocycles. The van der Waals surface area contributed by atoms with E-state index >= 15 is 0 Å². The number of nitrogens with zero attached hydrogens (tertiary/aromatic N) is 1. The number of halogens is 2. The van der Waals surface area contributed by atoms with Gasteiger partial charge in [0.25, 0.3) is 0 Å². The van der Waals surface area contributed by atoms with Gasteiger partial charge in [0.2, 0.25) is 0 Å². The second-order valence-electron chi connectivity index (χ2n) is 7.21. The number of hydrogen-bond acceptors (Lipinski definition) is 2. The molecule has 0 heterocycles. The summed E-state index contributed by atoms with van der Waals surface area (Å²) in [6, 6.07) is 24.8. The topological polar surface area (TPSA) is 20.3 Å². The maximum absolute atomic E-state index is 13.4. The molecule has 0 atom stereocenters. The fourth-order valence-electron chi connectivity index (χ4n) is 3.20. The van der Waals surface area contributed by atoms with Crippen molar-refractivity contribution in [1.82, 2.24) is 4.90 Å². The highest BCUT2D eigenvalue weighted by molar-refractivity contribution is 6.34. The van der Waals surface area contributed by atoms with Crippen LogP contribution in [0.4, 0.5) is 0 Å². The number of likely N-dealkylation sites (N-methyl/N-ethyl adjacent to an activating group) is 1. The van der Waals surface area contributed by atoms with E-state index in [9.17, 15) is 4.79 Å². The van der Waals surface area contributed by atoms with Crippen LogP contribution in [0.3, 0.4) is 0 Å². The van der Waals surface area contributed by atoms with Crippen LogP contribution in [0.5, 0.6) is 0 Å². The van der Waals surface area contributed by atoms with Crippen LogP contribution in [-0.2, 0) is 11.3 Å². The fourth-order valence-corrected chi connectivity index (χ4v) is 3.52. The van der Waals surface area contributed by atoms with E-state index in [0.29, 0.717) is 27.7 Å². The summed E-state index contributed by atoms with van der Waals surface area (Å²) in [5, 5.41) is 1.23. The Morgan fingerprint density at radius 2 is 1.63 bits per heavy atom. The first-order chi connectivity index (χ1) is 14.4. The summed E-state index contributed by atoms with van der Waals surface area (Å²) in [4.78, 5) is 15.4. The van der Waals surface area contributed by atoms with Crippen LogP contribution >= 0.6 is 23.2 Å². The SMILES string of the molecule is C=C(CN(C)Cc1ccccc1)C(=O)/C(=C/c1ccc(Cl)cc1)c1cccc(Cl)c1. The standard InChI is InChI=1S/C26H23Cl2NO/c1-19(17-29(2)18-21-7-4-3-5-8-21)26(30)25(22-9-6-10-24(28)16-22)15-20-11-13-23(27)14-12-20/h3-16H,1,17-18H2,2H3/b25-15+. The third-order valence-corrected chi connectivity index (χ3v) is 5.13. The quantitative estimate of drug-likeness (QED) is 0.286. The summed E-state index contributed by atoms with van der Waals surface area (Å²) in [6.45, 7) is 5.28. The molecule has 0 saturated carbocycles. The monoisotopic (exact) mass is 435 g/mol. The Morgan fingerprint density at radius 3 is 2.30 bits per heavy atom. The Balaban J connectivity index is 1.84. The van der Waals surface area contributed by atoms with E-state index in [1.165, 1.54) is 5.56 Å². The van der Waals surface area contributed by atoms with Crippen LogP contribution in [-0.4, -0.2) is 24.3 Å². The van der Waals surface area contributed by atoms with Gasteiger partial charge in [0.05, 0.1) is 0 Å². The molecule has 0 saturated heterocycles. The second-order valence-corrected chi connectivity index (χ2v) is 8.08. The van der Waals surface area contributed by atoms with E-state index in [4.69, 9.17) is 23.2 Å². The van der Waals surface area contributed by atoms with Crippen molar-refractivity contribution in [3.63, 3.8) is 0 Å². The van der Waals surface area contributed by atoms with Gasteiger partial charge in [0, 0.05) is 34.3 Å². The maximum Gasteiger partial charge on any atom is 0.190 e. The number of hydrogen-bond donors (Lipinski definition) is 0. The predicted molar refractivity (Wildman–Crippen MR) is 128 cm³/mol. The molecular formula is C26H23Cl2NO. The van der Waals surface area contributed by atoms with Gasteiger partial charge < -0.3 is 0 Å². The van der Waals surface area contributed by atoms with Gasteiger partial charge in [-0.3, -0.25) is 9.69 Å². The molecule has 0 aliphatic rings. The largest absolute Gasteiger partial charge is 0.298 e. The number of carbonyl (C=O) groups excluding carboxylic acids is 1. The Labute approximate surface area is 188 Å². The van der Waals surface area contributed by atoms with Crippen molar-refractivity contribution in [2.45, 2.75) is 6.54 Å². The number of allylic oxidation sites excluding steroid dienone is 1. The lowest BCUT2D eigenvalue weighted by atomic mass is 9.95. The van der Waals surface area contributed by atoms with Gasteiger partial charge in [-0.25, -0.2) is 0 Å². The van der Waals surface area contributed by atoms with Crippen LogP contribution in [0.1, 0.15) is 16.7 Å². The van der Waals surface area contributed by atoms with E-state index in [2.05, 4.69) is 23.6 Å². The summed E-state index contributed by atoms with van der Waals surface area (Å²) in [5.74, 6) is -0.105. The third kappa shape index (κ3) is 6.17. The zero-order valence-electron chi connectivity index (χ0n) is 16.8. The van der Waals surface area contributed by atoms with Gasteiger partial charge in [-0.15, -0.1) is 0 Å². The molecule has 0 aliphatic heterocycles. The van der Waals surface area contributed by atoms with E-state index < -0.39 is 0 Å². The molecule has 30 heavy (non-hydrogen) atoms. The molecule has 4 heteroatoms. The molecule has 0 spiro atoms. The van der Waals surface area contributed by atoms with Gasteiger partial charge in [-0.2, -0.15) is 0 Å². The van der Waals surface area contributed by atoms with E-state index in [1.54, 1.807) is 24.3 Å². The maximum atomic E-state index is 13.4. The zero-order chi connectivity index (χ0) is 21.5. The molecule has 0 amide bonds. The first kappa shape index (κ1) is 22.0. The average molecular weight is 436 g/mol. The number of benzene rings is 3. The summed E-state index contributed by atoms with van der Waals surface area (Å²) in [6.07, 6.45) is 1.85. The van der Waals surface area contributed by atoms with Crippen LogP contribution in [0.2, 0.25) is 10.0 Å². The first-order valence-electron chi connectivity index (χ1n) is 9.60. The van der Waals surface area contributed by atoms with E-state index in [0.717, 1.165) is 17.7 Å². The van der Waals surface area contributed by atoms with Gasteiger partial charge in [0.1, 0.15) is 0 Å². The Morgan fingerprint density at radius 1 is 0.933 bits per heavy atom. The highest BCUT2D eigenvalue weighted by Crippen LogP contribution is 2.25. The molecule has 0 fully saturated rings. The minimum Gasteiger partial charge on any atom is -0.298 e. The molecule has 152 valence electrons. The van der Waals surface area contributed by atoms with Crippen molar-refractivity contribution in [3.8, 4) is 0 Å². The Bertz CT molecular complexity index is 1060. The summed E-state index contributed by atoms with van der Waals surface area (Å²) in [7, 11) is 1.98. The predicted octanol–water partition coefficient (Wildman–Crippen LogP) is 6.79. The highest BCUT2D eigenvalue weighted by atomic mass is 35.5. The van der Waals surface area contributed by atoms with Gasteiger partial charge >= 0.3 is 0 Å². The van der Waals surface area contributed by atoms with Crippen molar-refractivity contribution >= 4 is 40.6 Å². The molecular weight excluding hydrogens is 413 g/mol. The normalized spacial score (nSPS) is 11.5. The van der Waals surface area contributed by atoms with Crippen molar-refractivity contribution in [3.05, 3.63) is 118 Å². The second kappa shape index (κ2) is 10.4. The molecule has 0 aromatic heterocycles. The average Bonchev–Trinajstić information content (AvgIpc) is 2.73. The van der Waals surface area contributed by atoms with Crippen LogP contribution in [0.15, 0.2) is 91.0 Å². The minimum absolute atomic E-state index is 0.105. The minimum atomic E-state index is -0.105. The number of ketones is 1. The summed E-state index contributed by atoms with van der Waals surface area (Å²) >= 11 is 12.2. The molecule has 2 nitrogen and oxygen atoms in total. The van der Waals surface area contributed by atoms with Crippen molar-refractivity contribution in [1.29, 1.82) is 0 Å².